The van der Waals surface area contributed by atoms with E-state index in [1.54, 1.807) is 17.7 Å². The Labute approximate surface area is 259 Å². The van der Waals surface area contributed by atoms with Crippen LogP contribution in [0.3, 0.4) is 0 Å². The van der Waals surface area contributed by atoms with Crippen LogP contribution in [-0.4, -0.2) is 39.5 Å². The summed E-state index contributed by atoms with van der Waals surface area (Å²) in [7, 11) is 0. The normalized spacial score (nSPS) is 13.5. The van der Waals surface area contributed by atoms with Gasteiger partial charge in [-0.2, -0.15) is 0 Å². The van der Waals surface area contributed by atoms with Crippen molar-refractivity contribution in [3.8, 4) is 11.1 Å². The second-order valence-electron chi connectivity index (χ2n) is 10.3. The van der Waals surface area contributed by atoms with Crippen LogP contribution >= 0.6 is 22.7 Å². The van der Waals surface area contributed by atoms with Crippen molar-refractivity contribution in [1.29, 1.82) is 0 Å². The predicted octanol–water partition coefficient (Wildman–Crippen LogP) is 6.57. The Morgan fingerprint density at radius 2 is 1.60 bits per heavy atom. The number of carboxylic acids is 1. The van der Waals surface area contributed by atoms with Crippen LogP contribution in [0.1, 0.15) is 61.9 Å². The molecule has 2 aromatic heterocycles. The molecular formula is C32H36N4O5S2. The molecule has 0 aliphatic heterocycles. The molecule has 0 saturated heterocycles. The number of nitrogens with two attached hydrogens (primary N) is 1. The van der Waals surface area contributed by atoms with Gasteiger partial charge in [0.1, 0.15) is 0 Å². The molecule has 0 radical (unpaired) electrons. The van der Waals surface area contributed by atoms with Crippen molar-refractivity contribution in [2.24, 2.45) is 5.92 Å². The SMILES string of the molecule is CCOC(=O)Cc1csc(NC(=O)C(CC2CCCC2)c2ccc(-c3ccccc3)cc2)n1.Nc1nc(CC(=O)O)cs1. The van der Waals surface area contributed by atoms with Crippen molar-refractivity contribution < 1.29 is 24.2 Å². The highest BCUT2D eigenvalue weighted by atomic mass is 32.1. The molecule has 1 saturated carbocycles. The lowest BCUT2D eigenvalue weighted by Crippen LogP contribution is -2.23. The molecule has 4 N–H and O–H groups in total. The van der Waals surface area contributed by atoms with Crippen LogP contribution in [0.25, 0.3) is 11.1 Å². The Morgan fingerprint density at radius 1 is 0.953 bits per heavy atom. The highest BCUT2D eigenvalue weighted by Crippen LogP contribution is 2.35. The van der Waals surface area contributed by atoms with E-state index in [0.717, 1.165) is 23.1 Å². The Balaban J connectivity index is 0.000000359. The van der Waals surface area contributed by atoms with Gasteiger partial charge in [0, 0.05) is 10.8 Å². The number of esters is 1. The molecule has 1 aliphatic rings. The van der Waals surface area contributed by atoms with Crippen molar-refractivity contribution in [3.63, 3.8) is 0 Å². The van der Waals surface area contributed by atoms with Gasteiger partial charge in [-0.15, -0.1) is 22.7 Å². The third kappa shape index (κ3) is 10.0. The summed E-state index contributed by atoms with van der Waals surface area (Å²) in [6.07, 6.45) is 5.78. The third-order valence-electron chi connectivity index (χ3n) is 7.09. The number of carbonyl (C=O) groups excluding carboxylic acids is 2. The first-order chi connectivity index (χ1) is 20.8. The van der Waals surface area contributed by atoms with E-state index in [1.165, 1.54) is 48.4 Å². The number of nitrogens with one attached hydrogen (secondary N) is 1. The molecule has 11 heteroatoms. The van der Waals surface area contributed by atoms with Crippen LogP contribution < -0.4 is 11.1 Å². The number of anilines is 2. The fraction of sp³-hybridized carbons (Fsp3) is 0.344. The lowest BCUT2D eigenvalue weighted by molar-refractivity contribution is -0.142. The monoisotopic (exact) mass is 620 g/mol. The Morgan fingerprint density at radius 3 is 2.23 bits per heavy atom. The average molecular weight is 621 g/mol. The molecule has 9 nitrogen and oxygen atoms in total. The maximum Gasteiger partial charge on any atom is 0.311 e. The standard InChI is InChI=1S/C27H30N2O3S.C5H6N2O2S/c1-2-32-25(30)17-23-18-33-27(28-23)29-26(31)24(16-19-8-6-7-9-19)22-14-12-21(13-15-22)20-10-4-3-5-11-20;6-5-7-3(2-10-5)1-4(8)9/h3-5,10-15,18-19,24H,2,6-9,16-17H2,1H3,(H,28,29,31);2H,1H2,(H2,6,7)(H,8,9). The average Bonchev–Trinajstić information content (AvgIpc) is 3.76. The minimum Gasteiger partial charge on any atom is -0.481 e. The number of rotatable bonds is 11. The van der Waals surface area contributed by atoms with Gasteiger partial charge < -0.3 is 20.9 Å². The maximum absolute atomic E-state index is 13.4. The number of aromatic nitrogens is 2. The largest absolute Gasteiger partial charge is 0.481 e. The van der Waals surface area contributed by atoms with Crippen LogP contribution in [0.15, 0.2) is 65.4 Å². The van der Waals surface area contributed by atoms with E-state index >= 15 is 0 Å². The number of hydrogen-bond donors (Lipinski definition) is 3. The summed E-state index contributed by atoms with van der Waals surface area (Å²) in [5.41, 5.74) is 9.75. The van der Waals surface area contributed by atoms with Crippen LogP contribution in [0, 0.1) is 5.92 Å². The first kappa shape index (κ1) is 31.8. The van der Waals surface area contributed by atoms with E-state index in [4.69, 9.17) is 15.6 Å². The number of carbonyl (C=O) groups is 3. The van der Waals surface area contributed by atoms with E-state index in [9.17, 15) is 14.4 Å². The lowest BCUT2D eigenvalue weighted by atomic mass is 9.86. The van der Waals surface area contributed by atoms with E-state index in [2.05, 4.69) is 51.7 Å². The zero-order chi connectivity index (χ0) is 30.6. The van der Waals surface area contributed by atoms with Gasteiger partial charge in [-0.25, -0.2) is 9.97 Å². The number of hydrogen-bond acceptors (Lipinski definition) is 9. The predicted molar refractivity (Wildman–Crippen MR) is 170 cm³/mol. The van der Waals surface area contributed by atoms with Gasteiger partial charge in [0.05, 0.1) is 36.8 Å². The molecule has 0 bridgehead atoms. The number of aliphatic carboxylic acids is 1. The first-order valence-electron chi connectivity index (χ1n) is 14.3. The lowest BCUT2D eigenvalue weighted by Gasteiger charge is -2.20. The summed E-state index contributed by atoms with van der Waals surface area (Å²) in [6.45, 7) is 2.12. The van der Waals surface area contributed by atoms with Gasteiger partial charge in [-0.05, 0) is 36.0 Å². The number of benzene rings is 2. The number of nitrogens with zero attached hydrogens (tertiary/aromatic N) is 2. The topological polar surface area (TPSA) is 144 Å². The Bertz CT molecular complexity index is 1480. The molecule has 0 spiro atoms. The maximum atomic E-state index is 13.4. The number of nitrogen functional groups attached to an aromatic ring is 1. The smallest absolute Gasteiger partial charge is 0.311 e. The van der Waals surface area contributed by atoms with Crippen molar-refractivity contribution in [2.45, 2.75) is 57.8 Å². The van der Waals surface area contributed by atoms with E-state index in [-0.39, 0.29) is 30.6 Å². The first-order valence-corrected chi connectivity index (χ1v) is 16.0. The van der Waals surface area contributed by atoms with Crippen molar-refractivity contribution in [3.05, 3.63) is 82.3 Å². The Hall–Kier alpha value is -4.09. The number of ether oxygens (including phenoxy) is 1. The molecule has 226 valence electrons. The quantitative estimate of drug-likeness (QED) is 0.160. The minimum absolute atomic E-state index is 0.0357. The fourth-order valence-electron chi connectivity index (χ4n) is 5.07. The summed E-state index contributed by atoms with van der Waals surface area (Å²) in [5.74, 6) is -0.879. The zero-order valence-corrected chi connectivity index (χ0v) is 25.7. The van der Waals surface area contributed by atoms with Crippen molar-refractivity contribution in [2.75, 3.05) is 17.7 Å². The van der Waals surface area contributed by atoms with Gasteiger partial charge in [0.2, 0.25) is 5.91 Å². The summed E-state index contributed by atoms with van der Waals surface area (Å²) in [5, 5.41) is 15.7. The van der Waals surface area contributed by atoms with E-state index in [1.807, 2.05) is 18.2 Å². The molecular weight excluding hydrogens is 585 g/mol. The van der Waals surface area contributed by atoms with Gasteiger partial charge >= 0.3 is 11.9 Å². The fourth-order valence-corrected chi connectivity index (χ4v) is 6.35. The third-order valence-corrected chi connectivity index (χ3v) is 8.62. The number of thiazole rings is 2. The van der Waals surface area contributed by atoms with E-state index < -0.39 is 5.97 Å². The summed E-state index contributed by atoms with van der Waals surface area (Å²) in [6, 6.07) is 18.6. The molecule has 1 amide bonds. The minimum atomic E-state index is -0.884. The summed E-state index contributed by atoms with van der Waals surface area (Å²) < 4.78 is 4.99. The molecule has 1 fully saturated rings. The van der Waals surface area contributed by atoms with E-state index in [0.29, 0.717) is 34.2 Å². The molecule has 2 aromatic carbocycles. The molecule has 43 heavy (non-hydrogen) atoms. The number of amides is 1. The van der Waals surface area contributed by atoms with Gasteiger partial charge in [-0.3, -0.25) is 14.4 Å². The highest BCUT2D eigenvalue weighted by Gasteiger charge is 2.27. The second kappa shape index (κ2) is 15.9. The highest BCUT2D eigenvalue weighted by molar-refractivity contribution is 7.14. The second-order valence-corrected chi connectivity index (χ2v) is 12.0. The molecule has 1 unspecified atom stereocenters. The Kier molecular flexibility index (Phi) is 11.8. The van der Waals surface area contributed by atoms with Crippen LogP contribution in [0.5, 0.6) is 0 Å². The summed E-state index contributed by atoms with van der Waals surface area (Å²) in [4.78, 5) is 43.4. The zero-order valence-electron chi connectivity index (χ0n) is 24.0. The molecule has 4 aromatic rings. The summed E-state index contributed by atoms with van der Waals surface area (Å²) >= 11 is 2.59. The molecule has 5 rings (SSSR count). The molecule has 2 heterocycles. The van der Waals surface area contributed by atoms with Crippen molar-refractivity contribution in [1.82, 2.24) is 9.97 Å². The van der Waals surface area contributed by atoms with Crippen LogP contribution in [0.4, 0.5) is 10.3 Å². The van der Waals surface area contributed by atoms with Gasteiger partial charge in [-0.1, -0.05) is 80.3 Å². The van der Waals surface area contributed by atoms with Crippen LogP contribution in [0.2, 0.25) is 0 Å². The molecule has 1 aliphatic carbocycles. The van der Waals surface area contributed by atoms with Gasteiger partial charge in [0.15, 0.2) is 10.3 Å². The molecule has 1 atom stereocenters. The van der Waals surface area contributed by atoms with Crippen LogP contribution in [-0.2, 0) is 32.0 Å². The van der Waals surface area contributed by atoms with Gasteiger partial charge in [0.25, 0.3) is 0 Å². The van der Waals surface area contributed by atoms with Crippen molar-refractivity contribution >= 4 is 50.8 Å². The number of carboxylic acid groups (broad SMARTS) is 1.